The fourth-order valence-corrected chi connectivity index (χ4v) is 3.50. The summed E-state index contributed by atoms with van der Waals surface area (Å²) in [6, 6.07) is 7.77. The van der Waals surface area contributed by atoms with Crippen LogP contribution in [0.15, 0.2) is 24.3 Å². The molecule has 1 aliphatic carbocycles. The molecule has 1 saturated carbocycles. The molecule has 1 aromatic carbocycles. The molecule has 2 aliphatic rings. The van der Waals surface area contributed by atoms with E-state index in [1.54, 1.807) is 0 Å². The molecule has 5 nitrogen and oxygen atoms in total. The van der Waals surface area contributed by atoms with Crippen molar-refractivity contribution in [3.05, 3.63) is 29.8 Å². The molecule has 1 aliphatic heterocycles. The van der Waals surface area contributed by atoms with Crippen LogP contribution in [0.4, 0.5) is 5.69 Å². The second-order valence-corrected chi connectivity index (χ2v) is 5.79. The lowest BCUT2D eigenvalue weighted by molar-refractivity contribution is -0.126. The summed E-state index contributed by atoms with van der Waals surface area (Å²) in [7, 11) is 0. The van der Waals surface area contributed by atoms with E-state index >= 15 is 0 Å². The molecule has 0 radical (unpaired) electrons. The molecule has 0 bridgehead atoms. The molecule has 0 aromatic heterocycles. The summed E-state index contributed by atoms with van der Waals surface area (Å²) in [6.45, 7) is 0.610. The van der Waals surface area contributed by atoms with Gasteiger partial charge in [-0.05, 0) is 24.5 Å². The number of aliphatic hydroxyl groups excluding tert-OH is 4. The highest BCUT2D eigenvalue weighted by Crippen LogP contribution is 2.36. The van der Waals surface area contributed by atoms with Gasteiger partial charge >= 0.3 is 0 Å². The molecular formula is C15H21NO4. The van der Waals surface area contributed by atoms with Crippen molar-refractivity contribution in [1.29, 1.82) is 0 Å². The quantitative estimate of drug-likeness (QED) is 0.587. The van der Waals surface area contributed by atoms with Crippen molar-refractivity contribution in [3.63, 3.8) is 0 Å². The molecule has 1 fully saturated rings. The van der Waals surface area contributed by atoms with Gasteiger partial charge in [0.15, 0.2) is 0 Å². The van der Waals surface area contributed by atoms with E-state index in [0.29, 0.717) is 6.42 Å². The van der Waals surface area contributed by atoms with Crippen LogP contribution in [0.3, 0.4) is 0 Å². The lowest BCUT2D eigenvalue weighted by atomic mass is 9.79. The Bertz CT molecular complexity index is 479. The van der Waals surface area contributed by atoms with Crippen molar-refractivity contribution in [2.45, 2.75) is 37.2 Å². The Hall–Kier alpha value is -1.14. The first-order valence-corrected chi connectivity index (χ1v) is 7.13. The van der Waals surface area contributed by atoms with Gasteiger partial charge in [0.2, 0.25) is 0 Å². The second kappa shape index (κ2) is 5.33. The summed E-state index contributed by atoms with van der Waals surface area (Å²) in [5.41, 5.74) is 2.32. The maximum Gasteiger partial charge on any atom is 0.108 e. The Morgan fingerprint density at radius 2 is 1.80 bits per heavy atom. The lowest BCUT2D eigenvalue weighted by Crippen LogP contribution is -2.59. The summed E-state index contributed by atoms with van der Waals surface area (Å²) < 4.78 is 0. The zero-order valence-corrected chi connectivity index (χ0v) is 11.3. The number of fused-ring (bicyclic) bond motifs is 1. The van der Waals surface area contributed by atoms with Crippen molar-refractivity contribution in [2.24, 2.45) is 5.92 Å². The first-order valence-electron chi connectivity index (χ1n) is 7.13. The summed E-state index contributed by atoms with van der Waals surface area (Å²) >= 11 is 0. The van der Waals surface area contributed by atoms with Crippen LogP contribution in [-0.4, -0.2) is 57.9 Å². The largest absolute Gasteiger partial charge is 0.396 e. The molecule has 3 rings (SSSR count). The first-order chi connectivity index (χ1) is 9.63. The number of aliphatic hydroxyl groups is 4. The Labute approximate surface area is 118 Å². The number of rotatable bonds is 2. The van der Waals surface area contributed by atoms with Gasteiger partial charge in [-0.25, -0.2) is 0 Å². The maximum atomic E-state index is 10.3. The minimum absolute atomic E-state index is 0.184. The smallest absolute Gasteiger partial charge is 0.108 e. The summed E-state index contributed by atoms with van der Waals surface area (Å²) in [5, 5.41) is 39.5. The fraction of sp³-hybridized carbons (Fsp3) is 0.600. The summed E-state index contributed by atoms with van der Waals surface area (Å²) in [5.74, 6) is -0.397. The first kappa shape index (κ1) is 13.8. The Morgan fingerprint density at radius 3 is 2.55 bits per heavy atom. The number of anilines is 1. The molecule has 1 heterocycles. The molecule has 1 aromatic rings. The number of hydrogen-bond donors (Lipinski definition) is 4. The van der Waals surface area contributed by atoms with Crippen LogP contribution in [-0.2, 0) is 6.42 Å². The van der Waals surface area contributed by atoms with Crippen LogP contribution in [0.1, 0.15) is 12.0 Å². The normalized spacial score (nSPS) is 37.0. The standard InChI is InChI=1S/C15H21NO4/c17-8-10-7-12(14(19)15(20)13(10)18)16-6-5-9-3-1-2-4-11(9)16/h1-4,10,12-15,17-20H,5-8H2/t10-,12+,13-,14-,15+/m1/s1. The van der Waals surface area contributed by atoms with Crippen LogP contribution in [0.5, 0.6) is 0 Å². The van der Waals surface area contributed by atoms with Crippen LogP contribution < -0.4 is 4.90 Å². The summed E-state index contributed by atoms with van der Waals surface area (Å²) in [4.78, 5) is 2.10. The second-order valence-electron chi connectivity index (χ2n) is 5.79. The third-order valence-electron chi connectivity index (χ3n) is 4.68. The van der Waals surface area contributed by atoms with Gasteiger partial charge in [-0.15, -0.1) is 0 Å². The Balaban J connectivity index is 1.87. The summed E-state index contributed by atoms with van der Waals surface area (Å²) in [6.07, 6.45) is -1.88. The molecule has 4 N–H and O–H groups in total. The molecule has 0 saturated heterocycles. The van der Waals surface area contributed by atoms with Gasteiger partial charge in [0, 0.05) is 24.8 Å². The minimum Gasteiger partial charge on any atom is -0.396 e. The zero-order valence-electron chi connectivity index (χ0n) is 11.3. The van der Waals surface area contributed by atoms with E-state index in [2.05, 4.69) is 11.0 Å². The Morgan fingerprint density at radius 1 is 1.05 bits per heavy atom. The van der Waals surface area contributed by atoms with Gasteiger partial charge in [-0.2, -0.15) is 0 Å². The monoisotopic (exact) mass is 279 g/mol. The number of benzene rings is 1. The highest BCUT2D eigenvalue weighted by molar-refractivity contribution is 5.59. The number of para-hydroxylation sites is 1. The number of hydrogen-bond acceptors (Lipinski definition) is 5. The zero-order chi connectivity index (χ0) is 14.3. The van der Waals surface area contributed by atoms with Crippen molar-refractivity contribution in [2.75, 3.05) is 18.1 Å². The topological polar surface area (TPSA) is 84.2 Å². The molecule has 5 atom stereocenters. The van der Waals surface area contributed by atoms with E-state index in [-0.39, 0.29) is 12.6 Å². The van der Waals surface area contributed by atoms with Crippen molar-refractivity contribution in [1.82, 2.24) is 0 Å². The molecular weight excluding hydrogens is 258 g/mol. The Kier molecular flexibility index (Phi) is 3.69. The van der Waals surface area contributed by atoms with Gasteiger partial charge in [-0.1, -0.05) is 18.2 Å². The van der Waals surface area contributed by atoms with Crippen LogP contribution in [0.2, 0.25) is 0 Å². The highest BCUT2D eigenvalue weighted by Gasteiger charge is 2.45. The molecule has 0 spiro atoms. The minimum atomic E-state index is -1.21. The van der Waals surface area contributed by atoms with E-state index in [0.717, 1.165) is 18.7 Å². The third-order valence-corrected chi connectivity index (χ3v) is 4.68. The average Bonchev–Trinajstić information content (AvgIpc) is 2.89. The van der Waals surface area contributed by atoms with Crippen LogP contribution >= 0.6 is 0 Å². The molecule has 0 unspecified atom stereocenters. The average molecular weight is 279 g/mol. The van der Waals surface area contributed by atoms with Crippen LogP contribution in [0, 0.1) is 5.92 Å². The third kappa shape index (κ3) is 2.11. The van der Waals surface area contributed by atoms with E-state index in [4.69, 9.17) is 0 Å². The van der Waals surface area contributed by atoms with Gasteiger partial charge in [0.05, 0.1) is 12.1 Å². The van der Waals surface area contributed by atoms with Crippen LogP contribution in [0.25, 0.3) is 0 Å². The molecule has 5 heteroatoms. The van der Waals surface area contributed by atoms with Crippen molar-refractivity contribution >= 4 is 5.69 Å². The number of nitrogens with zero attached hydrogens (tertiary/aromatic N) is 1. The van der Waals surface area contributed by atoms with E-state index in [1.165, 1.54) is 5.56 Å². The maximum absolute atomic E-state index is 10.3. The predicted molar refractivity (Wildman–Crippen MR) is 74.5 cm³/mol. The van der Waals surface area contributed by atoms with E-state index in [9.17, 15) is 20.4 Å². The molecule has 20 heavy (non-hydrogen) atoms. The molecule has 110 valence electrons. The highest BCUT2D eigenvalue weighted by atomic mass is 16.4. The van der Waals surface area contributed by atoms with Gasteiger partial charge in [-0.3, -0.25) is 0 Å². The van der Waals surface area contributed by atoms with Gasteiger partial charge in [0.25, 0.3) is 0 Å². The van der Waals surface area contributed by atoms with Gasteiger partial charge < -0.3 is 25.3 Å². The predicted octanol–water partition coefficient (Wildman–Crippen LogP) is -0.487. The van der Waals surface area contributed by atoms with Crippen molar-refractivity contribution < 1.29 is 20.4 Å². The lowest BCUT2D eigenvalue weighted by Gasteiger charge is -2.44. The SMILES string of the molecule is OC[C@H]1C[C@H](N2CCc3ccccc32)[C@@H](O)[C@@H](O)[C@@H]1O. The van der Waals surface area contributed by atoms with Crippen molar-refractivity contribution in [3.8, 4) is 0 Å². The van der Waals surface area contributed by atoms with Gasteiger partial charge in [0.1, 0.15) is 12.2 Å². The fourth-order valence-electron chi connectivity index (χ4n) is 3.50. The molecule has 0 amide bonds. The van der Waals surface area contributed by atoms with E-state index < -0.39 is 24.2 Å². The van der Waals surface area contributed by atoms with E-state index in [1.807, 2.05) is 18.2 Å².